The molecule has 1 aromatic carbocycles. The number of hydrogen-bond acceptors (Lipinski definition) is 3. The van der Waals surface area contributed by atoms with Gasteiger partial charge in [-0.25, -0.2) is 4.68 Å². The van der Waals surface area contributed by atoms with E-state index in [-0.39, 0.29) is 11.4 Å². The summed E-state index contributed by atoms with van der Waals surface area (Å²) in [6.45, 7) is 3.53. The number of carbonyl (C=O) groups excluding carboxylic acids is 1. The number of rotatable bonds is 5. The monoisotopic (exact) mass is 298 g/mol. The van der Waals surface area contributed by atoms with Crippen LogP contribution in [0, 0.1) is 0 Å². The van der Waals surface area contributed by atoms with E-state index < -0.39 is 0 Å². The van der Waals surface area contributed by atoms with E-state index in [2.05, 4.69) is 22.7 Å². The molecule has 0 bridgehead atoms. The smallest absolute Gasteiger partial charge is 0.240 e. The van der Waals surface area contributed by atoms with Gasteiger partial charge >= 0.3 is 0 Å². The number of carbonyl (C=O) groups is 1. The lowest BCUT2D eigenvalue weighted by atomic mass is 9.93. The molecule has 1 aliphatic rings. The quantitative estimate of drug-likeness (QED) is 0.888. The fourth-order valence-electron chi connectivity index (χ4n) is 3.04. The molecule has 1 aliphatic heterocycles. The highest BCUT2D eigenvalue weighted by Crippen LogP contribution is 2.23. The average Bonchev–Trinajstić information content (AvgIpc) is 3.24. The molecule has 0 saturated carbocycles. The Balaban J connectivity index is 1.66. The third kappa shape index (κ3) is 2.90. The highest BCUT2D eigenvalue weighted by Gasteiger charge is 2.38. The van der Waals surface area contributed by atoms with E-state index in [1.54, 1.807) is 6.20 Å². The Morgan fingerprint density at radius 3 is 3.05 bits per heavy atom. The van der Waals surface area contributed by atoms with Crippen molar-refractivity contribution in [3.8, 4) is 5.69 Å². The lowest BCUT2D eigenvalue weighted by Crippen LogP contribution is -2.52. The highest BCUT2D eigenvalue weighted by atomic mass is 16.2. The number of nitrogens with one attached hydrogen (secondary N) is 2. The summed E-state index contributed by atoms with van der Waals surface area (Å²) in [6, 6.07) is 9.96. The van der Waals surface area contributed by atoms with E-state index in [0.29, 0.717) is 6.54 Å². The lowest BCUT2D eigenvalue weighted by molar-refractivity contribution is -0.127. The number of aromatic nitrogens is 2. The minimum Gasteiger partial charge on any atom is -0.350 e. The summed E-state index contributed by atoms with van der Waals surface area (Å²) in [7, 11) is 0. The predicted octanol–water partition coefficient (Wildman–Crippen LogP) is 2.02. The van der Waals surface area contributed by atoms with Crippen LogP contribution in [0.25, 0.3) is 5.69 Å². The van der Waals surface area contributed by atoms with Crippen molar-refractivity contribution in [1.82, 2.24) is 20.4 Å². The minimum atomic E-state index is -0.375. The molecule has 0 spiro atoms. The Kier molecular flexibility index (Phi) is 4.24. The van der Waals surface area contributed by atoms with Gasteiger partial charge in [-0.1, -0.05) is 19.1 Å². The Morgan fingerprint density at radius 2 is 2.36 bits per heavy atom. The van der Waals surface area contributed by atoms with E-state index >= 15 is 0 Å². The van der Waals surface area contributed by atoms with Crippen LogP contribution < -0.4 is 10.6 Å². The van der Waals surface area contributed by atoms with Crippen molar-refractivity contribution in [3.63, 3.8) is 0 Å². The zero-order valence-corrected chi connectivity index (χ0v) is 12.9. The topological polar surface area (TPSA) is 59.0 Å². The summed E-state index contributed by atoms with van der Waals surface area (Å²) in [5.74, 6) is 0.108. The number of benzene rings is 1. The molecule has 1 fully saturated rings. The van der Waals surface area contributed by atoms with Crippen LogP contribution in [0.5, 0.6) is 0 Å². The highest BCUT2D eigenvalue weighted by molar-refractivity contribution is 5.86. The molecule has 5 nitrogen and oxygen atoms in total. The van der Waals surface area contributed by atoms with Crippen LogP contribution in [0.3, 0.4) is 0 Å². The molecule has 2 aromatic rings. The van der Waals surface area contributed by atoms with Gasteiger partial charge in [0.25, 0.3) is 0 Å². The maximum atomic E-state index is 12.5. The van der Waals surface area contributed by atoms with Gasteiger partial charge in [-0.3, -0.25) is 4.79 Å². The van der Waals surface area contributed by atoms with Gasteiger partial charge in [0.1, 0.15) is 0 Å². The summed E-state index contributed by atoms with van der Waals surface area (Å²) < 4.78 is 1.82. The van der Waals surface area contributed by atoms with Gasteiger partial charge in [0.05, 0.1) is 11.2 Å². The SMILES string of the molecule is CC[C@@]1(C(=O)NCc2cccc(-n3cccn3)c2)CCCN1. The van der Waals surface area contributed by atoms with Gasteiger partial charge < -0.3 is 10.6 Å². The second-order valence-corrected chi connectivity index (χ2v) is 5.77. The van der Waals surface area contributed by atoms with E-state index in [0.717, 1.165) is 37.1 Å². The Morgan fingerprint density at radius 1 is 1.45 bits per heavy atom. The molecule has 22 heavy (non-hydrogen) atoms. The molecule has 0 unspecified atom stereocenters. The third-order valence-corrected chi connectivity index (χ3v) is 4.41. The van der Waals surface area contributed by atoms with Crippen LogP contribution in [0.2, 0.25) is 0 Å². The fourth-order valence-corrected chi connectivity index (χ4v) is 3.04. The molecular weight excluding hydrogens is 276 g/mol. The van der Waals surface area contributed by atoms with Crippen molar-refractivity contribution in [3.05, 3.63) is 48.3 Å². The molecule has 5 heteroatoms. The summed E-state index contributed by atoms with van der Waals surface area (Å²) >= 11 is 0. The van der Waals surface area contributed by atoms with Crippen molar-refractivity contribution in [1.29, 1.82) is 0 Å². The lowest BCUT2D eigenvalue weighted by Gasteiger charge is -2.26. The third-order valence-electron chi connectivity index (χ3n) is 4.41. The summed E-state index contributed by atoms with van der Waals surface area (Å²) in [5, 5.41) is 10.7. The van der Waals surface area contributed by atoms with Crippen LogP contribution in [0.1, 0.15) is 31.7 Å². The van der Waals surface area contributed by atoms with E-state index in [1.165, 1.54) is 0 Å². The van der Waals surface area contributed by atoms with Gasteiger partial charge in [-0.15, -0.1) is 0 Å². The van der Waals surface area contributed by atoms with Crippen molar-refractivity contribution in [2.24, 2.45) is 0 Å². The zero-order valence-electron chi connectivity index (χ0n) is 12.9. The second-order valence-electron chi connectivity index (χ2n) is 5.77. The van der Waals surface area contributed by atoms with Crippen molar-refractivity contribution >= 4 is 5.91 Å². The Labute approximate surface area is 130 Å². The first-order chi connectivity index (χ1) is 10.7. The van der Waals surface area contributed by atoms with Crippen LogP contribution in [0.4, 0.5) is 0 Å². The first kappa shape index (κ1) is 14.8. The Bertz CT molecular complexity index is 630. The van der Waals surface area contributed by atoms with Gasteiger partial charge in [0.2, 0.25) is 5.91 Å². The molecule has 3 rings (SSSR count). The zero-order chi connectivity index (χ0) is 15.4. The van der Waals surface area contributed by atoms with Crippen LogP contribution >= 0.6 is 0 Å². The Hall–Kier alpha value is -2.14. The maximum absolute atomic E-state index is 12.5. The van der Waals surface area contributed by atoms with Crippen LogP contribution in [-0.2, 0) is 11.3 Å². The molecule has 1 aromatic heterocycles. The molecule has 1 amide bonds. The van der Waals surface area contributed by atoms with Gasteiger partial charge in [-0.2, -0.15) is 5.10 Å². The largest absolute Gasteiger partial charge is 0.350 e. The van der Waals surface area contributed by atoms with E-state index in [1.807, 2.05) is 41.2 Å². The first-order valence-corrected chi connectivity index (χ1v) is 7.86. The molecule has 2 heterocycles. The second kappa shape index (κ2) is 6.32. The minimum absolute atomic E-state index is 0.108. The van der Waals surface area contributed by atoms with Gasteiger partial charge in [0, 0.05) is 18.9 Å². The van der Waals surface area contributed by atoms with Crippen LogP contribution in [0.15, 0.2) is 42.7 Å². The van der Waals surface area contributed by atoms with Crippen molar-refractivity contribution in [2.75, 3.05) is 6.54 Å². The van der Waals surface area contributed by atoms with E-state index in [4.69, 9.17) is 0 Å². The van der Waals surface area contributed by atoms with Gasteiger partial charge in [0.15, 0.2) is 0 Å². The van der Waals surface area contributed by atoms with E-state index in [9.17, 15) is 4.79 Å². The number of nitrogens with zero attached hydrogens (tertiary/aromatic N) is 2. The van der Waals surface area contributed by atoms with Crippen molar-refractivity contribution < 1.29 is 4.79 Å². The average molecular weight is 298 g/mol. The summed E-state index contributed by atoms with van der Waals surface area (Å²) in [4.78, 5) is 12.5. The molecule has 0 radical (unpaired) electrons. The molecular formula is C17H22N4O. The van der Waals surface area contributed by atoms with Crippen LogP contribution in [-0.4, -0.2) is 27.8 Å². The molecule has 116 valence electrons. The molecule has 1 saturated heterocycles. The first-order valence-electron chi connectivity index (χ1n) is 7.86. The maximum Gasteiger partial charge on any atom is 0.240 e. The summed E-state index contributed by atoms with van der Waals surface area (Å²) in [5.41, 5.74) is 1.70. The summed E-state index contributed by atoms with van der Waals surface area (Å²) in [6.07, 6.45) is 6.47. The molecule has 2 N–H and O–H groups in total. The standard InChI is InChI=1S/C17H22N4O/c1-2-17(8-4-9-19-17)16(22)18-13-14-6-3-7-15(12-14)21-11-5-10-20-21/h3,5-7,10-12,19H,2,4,8-9,13H2,1H3,(H,18,22)/t17-/m0/s1. The predicted molar refractivity (Wildman–Crippen MR) is 85.7 cm³/mol. The van der Waals surface area contributed by atoms with Crippen molar-refractivity contribution in [2.45, 2.75) is 38.3 Å². The normalized spacial score (nSPS) is 21.0. The van der Waals surface area contributed by atoms with Gasteiger partial charge in [-0.05, 0) is 49.6 Å². The molecule has 0 aliphatic carbocycles. The fraction of sp³-hybridized carbons (Fsp3) is 0.412. The number of amides is 1. The number of hydrogen-bond donors (Lipinski definition) is 2. The molecule has 1 atom stereocenters.